The van der Waals surface area contributed by atoms with Gasteiger partial charge in [-0.1, -0.05) is 29.8 Å². The summed E-state index contributed by atoms with van der Waals surface area (Å²) in [4.78, 5) is 12.0. The maximum Gasteiger partial charge on any atom is 0.251 e. The number of benzene rings is 2. The van der Waals surface area contributed by atoms with Crippen LogP contribution in [-0.2, 0) is 0 Å². The fourth-order valence-electron chi connectivity index (χ4n) is 2.08. The highest BCUT2D eigenvalue weighted by Gasteiger charge is 2.05. The molecule has 1 N–H and O–H groups in total. The van der Waals surface area contributed by atoms with E-state index in [1.54, 1.807) is 0 Å². The van der Waals surface area contributed by atoms with E-state index < -0.39 is 0 Å². The molecule has 0 unspecified atom stereocenters. The van der Waals surface area contributed by atoms with E-state index in [2.05, 4.69) is 11.4 Å². The quantitative estimate of drug-likeness (QED) is 0.854. The molecule has 0 saturated carbocycles. The van der Waals surface area contributed by atoms with Crippen molar-refractivity contribution in [3.63, 3.8) is 0 Å². The van der Waals surface area contributed by atoms with Crippen LogP contribution >= 0.6 is 0 Å². The van der Waals surface area contributed by atoms with E-state index >= 15 is 0 Å². The number of hydrogen-bond acceptors (Lipinski definition) is 2. The van der Waals surface area contributed by atoms with Gasteiger partial charge in [-0.15, -0.1) is 0 Å². The number of ether oxygens (including phenoxy) is 1. The molecule has 2 aromatic carbocycles. The summed E-state index contributed by atoms with van der Waals surface area (Å²) in [6, 6.07) is 13.7. The molecule has 110 valence electrons. The summed E-state index contributed by atoms with van der Waals surface area (Å²) in [7, 11) is 0. The van der Waals surface area contributed by atoms with Crippen molar-refractivity contribution >= 4 is 5.91 Å². The largest absolute Gasteiger partial charge is 0.491 e. The van der Waals surface area contributed by atoms with Crippen LogP contribution in [0, 0.1) is 20.8 Å². The zero-order valence-corrected chi connectivity index (χ0v) is 12.8. The molecule has 0 radical (unpaired) electrons. The molecule has 0 heterocycles. The van der Waals surface area contributed by atoms with Crippen molar-refractivity contribution in [3.8, 4) is 5.75 Å². The van der Waals surface area contributed by atoms with Gasteiger partial charge in [0.2, 0.25) is 0 Å². The van der Waals surface area contributed by atoms with Gasteiger partial charge in [-0.25, -0.2) is 0 Å². The Morgan fingerprint density at radius 1 is 1.05 bits per heavy atom. The van der Waals surface area contributed by atoms with Crippen LogP contribution in [0.25, 0.3) is 0 Å². The first-order valence-corrected chi connectivity index (χ1v) is 7.11. The monoisotopic (exact) mass is 283 g/mol. The van der Waals surface area contributed by atoms with Crippen molar-refractivity contribution in [3.05, 3.63) is 64.7 Å². The number of carbonyl (C=O) groups excluding carboxylic acids is 1. The number of aryl methyl sites for hydroxylation is 3. The Labute approximate surface area is 126 Å². The SMILES string of the molecule is Cc1cccc(C(=O)NCCOc2cc(C)ccc2C)c1. The summed E-state index contributed by atoms with van der Waals surface area (Å²) < 4.78 is 5.71. The molecule has 0 aliphatic heterocycles. The standard InChI is InChI=1S/C18H21NO2/c1-13-5-4-6-16(11-13)18(20)19-9-10-21-17-12-14(2)7-8-15(17)3/h4-8,11-12H,9-10H2,1-3H3,(H,19,20). The van der Waals surface area contributed by atoms with Crippen molar-refractivity contribution in [2.24, 2.45) is 0 Å². The third-order valence-electron chi connectivity index (χ3n) is 3.27. The first kappa shape index (κ1) is 15.1. The topological polar surface area (TPSA) is 38.3 Å². The Hall–Kier alpha value is -2.29. The number of amides is 1. The van der Waals surface area contributed by atoms with Crippen LogP contribution < -0.4 is 10.1 Å². The maximum absolute atomic E-state index is 12.0. The van der Waals surface area contributed by atoms with E-state index in [1.165, 1.54) is 5.56 Å². The van der Waals surface area contributed by atoms with E-state index in [1.807, 2.05) is 57.2 Å². The van der Waals surface area contributed by atoms with Crippen LogP contribution in [0.4, 0.5) is 0 Å². The molecule has 2 aromatic rings. The molecular weight excluding hydrogens is 262 g/mol. The third-order valence-corrected chi connectivity index (χ3v) is 3.27. The van der Waals surface area contributed by atoms with Crippen molar-refractivity contribution in [1.29, 1.82) is 0 Å². The second kappa shape index (κ2) is 6.93. The Morgan fingerprint density at radius 3 is 2.57 bits per heavy atom. The van der Waals surface area contributed by atoms with Crippen molar-refractivity contribution in [1.82, 2.24) is 5.32 Å². The van der Waals surface area contributed by atoms with Crippen molar-refractivity contribution < 1.29 is 9.53 Å². The number of carbonyl (C=O) groups is 1. The molecule has 0 aliphatic rings. The number of rotatable bonds is 5. The molecule has 0 aromatic heterocycles. The molecule has 21 heavy (non-hydrogen) atoms. The van der Waals surface area contributed by atoms with Crippen LogP contribution in [0.3, 0.4) is 0 Å². The first-order valence-electron chi connectivity index (χ1n) is 7.11. The second-order valence-electron chi connectivity index (χ2n) is 5.24. The summed E-state index contributed by atoms with van der Waals surface area (Å²) in [5, 5.41) is 2.87. The lowest BCUT2D eigenvalue weighted by atomic mass is 10.1. The summed E-state index contributed by atoms with van der Waals surface area (Å²) >= 11 is 0. The highest BCUT2D eigenvalue weighted by Crippen LogP contribution is 2.18. The normalized spacial score (nSPS) is 10.2. The summed E-state index contributed by atoms with van der Waals surface area (Å²) in [5.41, 5.74) is 4.03. The average Bonchev–Trinajstić information content (AvgIpc) is 2.46. The highest BCUT2D eigenvalue weighted by atomic mass is 16.5. The van der Waals surface area contributed by atoms with Gasteiger partial charge in [-0.3, -0.25) is 4.79 Å². The second-order valence-corrected chi connectivity index (χ2v) is 5.24. The fraction of sp³-hybridized carbons (Fsp3) is 0.278. The lowest BCUT2D eigenvalue weighted by Crippen LogP contribution is -2.28. The molecule has 0 fully saturated rings. The van der Waals surface area contributed by atoms with Crippen LogP contribution in [-0.4, -0.2) is 19.1 Å². The number of hydrogen-bond donors (Lipinski definition) is 1. The van der Waals surface area contributed by atoms with Gasteiger partial charge in [-0.05, 0) is 50.1 Å². The molecular formula is C18H21NO2. The molecule has 0 spiro atoms. The average molecular weight is 283 g/mol. The molecule has 2 rings (SSSR count). The first-order chi connectivity index (χ1) is 10.1. The lowest BCUT2D eigenvalue weighted by molar-refractivity contribution is 0.0947. The predicted molar refractivity (Wildman–Crippen MR) is 84.9 cm³/mol. The van der Waals surface area contributed by atoms with Crippen LogP contribution in [0.15, 0.2) is 42.5 Å². The molecule has 1 amide bonds. The van der Waals surface area contributed by atoms with Gasteiger partial charge in [0.25, 0.3) is 5.91 Å². The Morgan fingerprint density at radius 2 is 1.81 bits per heavy atom. The van der Waals surface area contributed by atoms with Crippen molar-refractivity contribution in [2.75, 3.05) is 13.2 Å². The van der Waals surface area contributed by atoms with E-state index in [4.69, 9.17) is 4.74 Å². The fourth-order valence-corrected chi connectivity index (χ4v) is 2.08. The molecule has 0 atom stereocenters. The summed E-state index contributed by atoms with van der Waals surface area (Å²) in [5.74, 6) is 0.808. The minimum atomic E-state index is -0.0664. The van der Waals surface area contributed by atoms with Gasteiger partial charge in [0.05, 0.1) is 6.54 Å². The molecule has 0 bridgehead atoms. The van der Waals surface area contributed by atoms with Gasteiger partial charge < -0.3 is 10.1 Å². The number of nitrogens with one attached hydrogen (secondary N) is 1. The van der Waals surface area contributed by atoms with Gasteiger partial charge in [0, 0.05) is 5.56 Å². The Bertz CT molecular complexity index is 635. The predicted octanol–water partition coefficient (Wildman–Crippen LogP) is 3.42. The summed E-state index contributed by atoms with van der Waals surface area (Å²) in [6.07, 6.45) is 0. The Balaban J connectivity index is 1.82. The van der Waals surface area contributed by atoms with Gasteiger partial charge >= 0.3 is 0 Å². The minimum Gasteiger partial charge on any atom is -0.491 e. The highest BCUT2D eigenvalue weighted by molar-refractivity contribution is 5.94. The van der Waals surface area contributed by atoms with Gasteiger partial charge in [0.15, 0.2) is 0 Å². The zero-order chi connectivity index (χ0) is 15.2. The van der Waals surface area contributed by atoms with Crippen LogP contribution in [0.5, 0.6) is 5.75 Å². The third kappa shape index (κ3) is 4.35. The summed E-state index contributed by atoms with van der Waals surface area (Å²) in [6.45, 7) is 6.97. The van der Waals surface area contributed by atoms with E-state index in [0.717, 1.165) is 16.9 Å². The van der Waals surface area contributed by atoms with Crippen LogP contribution in [0.2, 0.25) is 0 Å². The molecule has 3 nitrogen and oxygen atoms in total. The zero-order valence-electron chi connectivity index (χ0n) is 12.8. The van der Waals surface area contributed by atoms with E-state index in [9.17, 15) is 4.79 Å². The van der Waals surface area contributed by atoms with E-state index in [0.29, 0.717) is 18.7 Å². The molecule has 0 saturated heterocycles. The minimum absolute atomic E-state index is 0.0664. The molecule has 0 aliphatic carbocycles. The van der Waals surface area contributed by atoms with Crippen molar-refractivity contribution in [2.45, 2.75) is 20.8 Å². The van der Waals surface area contributed by atoms with Crippen LogP contribution in [0.1, 0.15) is 27.0 Å². The van der Waals surface area contributed by atoms with E-state index in [-0.39, 0.29) is 5.91 Å². The lowest BCUT2D eigenvalue weighted by Gasteiger charge is -2.11. The Kier molecular flexibility index (Phi) is 4.99. The van der Waals surface area contributed by atoms with Gasteiger partial charge in [0.1, 0.15) is 12.4 Å². The maximum atomic E-state index is 12.0. The smallest absolute Gasteiger partial charge is 0.251 e. The van der Waals surface area contributed by atoms with Gasteiger partial charge in [-0.2, -0.15) is 0 Å². The molecule has 3 heteroatoms.